The first kappa shape index (κ1) is 13.7. The maximum Gasteiger partial charge on any atom is 0.253 e. The highest BCUT2D eigenvalue weighted by molar-refractivity contribution is 5.94. The lowest BCUT2D eigenvalue weighted by Gasteiger charge is -2.17. The number of ether oxygens (including phenoxy) is 1. The van der Waals surface area contributed by atoms with Crippen LogP contribution < -0.4 is 5.32 Å². The quantitative estimate of drug-likeness (QED) is 0.805. The average molecular weight is 236 g/mol. The molecule has 1 aromatic carbocycles. The Kier molecular flexibility index (Phi) is 5.66. The normalized spacial score (nSPS) is 10.3. The zero-order valence-corrected chi connectivity index (χ0v) is 10.7. The number of nitrogens with zero attached hydrogens (tertiary/aromatic N) is 1. The van der Waals surface area contributed by atoms with Crippen LogP contribution in [0.5, 0.6) is 0 Å². The predicted molar refractivity (Wildman–Crippen MR) is 68.0 cm³/mol. The van der Waals surface area contributed by atoms with Crippen molar-refractivity contribution < 1.29 is 9.53 Å². The first-order valence-corrected chi connectivity index (χ1v) is 5.67. The molecule has 0 aliphatic heterocycles. The van der Waals surface area contributed by atoms with Crippen LogP contribution in [0.1, 0.15) is 15.9 Å². The van der Waals surface area contributed by atoms with Crippen molar-refractivity contribution in [1.29, 1.82) is 0 Å². The Balaban J connectivity index is 2.62. The van der Waals surface area contributed by atoms with Crippen molar-refractivity contribution in [3.63, 3.8) is 0 Å². The Bertz CT molecular complexity index is 349. The molecule has 0 radical (unpaired) electrons. The van der Waals surface area contributed by atoms with E-state index in [2.05, 4.69) is 5.32 Å². The standard InChI is InChI=1S/C13H20N2O2/c1-14-8-9-15(2)13(16)12-6-4-11(5-7-12)10-17-3/h4-7,14H,8-10H2,1-3H3. The third kappa shape index (κ3) is 4.17. The van der Waals surface area contributed by atoms with Crippen LogP contribution in [0.25, 0.3) is 0 Å². The highest BCUT2D eigenvalue weighted by Crippen LogP contribution is 2.07. The fourth-order valence-electron chi connectivity index (χ4n) is 1.51. The van der Waals surface area contributed by atoms with Crippen LogP contribution in [-0.4, -0.2) is 45.1 Å². The van der Waals surface area contributed by atoms with Crippen LogP contribution in [0, 0.1) is 0 Å². The molecule has 0 saturated carbocycles. The van der Waals surface area contributed by atoms with Crippen LogP contribution in [0.4, 0.5) is 0 Å². The van der Waals surface area contributed by atoms with E-state index >= 15 is 0 Å². The number of nitrogens with one attached hydrogen (secondary N) is 1. The fraction of sp³-hybridized carbons (Fsp3) is 0.462. The van der Waals surface area contributed by atoms with Gasteiger partial charge in [-0.15, -0.1) is 0 Å². The van der Waals surface area contributed by atoms with Crippen molar-refractivity contribution in [2.24, 2.45) is 0 Å². The monoisotopic (exact) mass is 236 g/mol. The summed E-state index contributed by atoms with van der Waals surface area (Å²) in [5.74, 6) is 0.0456. The Hall–Kier alpha value is -1.39. The lowest BCUT2D eigenvalue weighted by molar-refractivity contribution is 0.0797. The number of hydrogen-bond acceptors (Lipinski definition) is 3. The molecule has 0 aliphatic carbocycles. The largest absolute Gasteiger partial charge is 0.380 e. The van der Waals surface area contributed by atoms with E-state index in [0.717, 1.165) is 12.1 Å². The Labute approximate surface area is 103 Å². The van der Waals surface area contributed by atoms with Gasteiger partial charge in [-0.1, -0.05) is 12.1 Å². The smallest absolute Gasteiger partial charge is 0.253 e. The summed E-state index contributed by atoms with van der Waals surface area (Å²) < 4.78 is 5.03. The third-order valence-corrected chi connectivity index (χ3v) is 2.56. The van der Waals surface area contributed by atoms with E-state index in [1.165, 1.54) is 0 Å². The van der Waals surface area contributed by atoms with Crippen LogP contribution in [0.3, 0.4) is 0 Å². The molecule has 0 fully saturated rings. The average Bonchev–Trinajstić information content (AvgIpc) is 2.36. The van der Waals surface area contributed by atoms with Crippen molar-refractivity contribution in [3.8, 4) is 0 Å². The fourth-order valence-corrected chi connectivity index (χ4v) is 1.51. The zero-order chi connectivity index (χ0) is 12.7. The van der Waals surface area contributed by atoms with Gasteiger partial charge in [0, 0.05) is 32.8 Å². The zero-order valence-electron chi connectivity index (χ0n) is 10.7. The maximum atomic E-state index is 12.0. The Morgan fingerprint density at radius 2 is 2.00 bits per heavy atom. The van der Waals surface area contributed by atoms with E-state index in [9.17, 15) is 4.79 Å². The van der Waals surface area contributed by atoms with Gasteiger partial charge < -0.3 is 15.0 Å². The highest BCUT2D eigenvalue weighted by atomic mass is 16.5. The minimum Gasteiger partial charge on any atom is -0.380 e. The molecule has 1 amide bonds. The molecule has 1 aromatic rings. The van der Waals surface area contributed by atoms with Gasteiger partial charge in [-0.3, -0.25) is 4.79 Å². The molecule has 4 nitrogen and oxygen atoms in total. The molecule has 0 atom stereocenters. The summed E-state index contributed by atoms with van der Waals surface area (Å²) in [6.45, 7) is 2.07. The summed E-state index contributed by atoms with van der Waals surface area (Å²) in [7, 11) is 5.34. The number of methoxy groups -OCH3 is 1. The second-order valence-electron chi connectivity index (χ2n) is 3.96. The van der Waals surface area contributed by atoms with Gasteiger partial charge in [-0.05, 0) is 24.7 Å². The van der Waals surface area contributed by atoms with Crippen molar-refractivity contribution in [1.82, 2.24) is 10.2 Å². The van der Waals surface area contributed by atoms with Gasteiger partial charge in [0.2, 0.25) is 0 Å². The predicted octanol–water partition coefficient (Wildman–Crippen LogP) is 1.12. The van der Waals surface area contributed by atoms with Gasteiger partial charge in [0.05, 0.1) is 6.61 Å². The first-order chi connectivity index (χ1) is 8.19. The molecule has 94 valence electrons. The van der Waals surface area contributed by atoms with Crippen molar-refractivity contribution >= 4 is 5.91 Å². The Morgan fingerprint density at radius 3 is 2.53 bits per heavy atom. The molecule has 1 N–H and O–H groups in total. The topological polar surface area (TPSA) is 41.6 Å². The lowest BCUT2D eigenvalue weighted by atomic mass is 10.1. The molecule has 0 aliphatic rings. The van der Waals surface area contributed by atoms with E-state index in [4.69, 9.17) is 4.74 Å². The number of carbonyl (C=O) groups excluding carboxylic acids is 1. The Morgan fingerprint density at radius 1 is 1.35 bits per heavy atom. The van der Waals surface area contributed by atoms with Gasteiger partial charge in [-0.25, -0.2) is 0 Å². The van der Waals surface area contributed by atoms with Crippen molar-refractivity contribution in [3.05, 3.63) is 35.4 Å². The van der Waals surface area contributed by atoms with Crippen molar-refractivity contribution in [2.45, 2.75) is 6.61 Å². The maximum absolute atomic E-state index is 12.0. The molecule has 4 heteroatoms. The van der Waals surface area contributed by atoms with Gasteiger partial charge in [0.1, 0.15) is 0 Å². The summed E-state index contributed by atoms with van der Waals surface area (Å²) in [6, 6.07) is 7.52. The number of likely N-dealkylation sites (N-methyl/N-ethyl adjacent to an activating group) is 2. The van der Waals surface area contributed by atoms with Crippen molar-refractivity contribution in [2.75, 3.05) is 34.3 Å². The number of benzene rings is 1. The van der Waals surface area contributed by atoms with Crippen LogP contribution in [0.15, 0.2) is 24.3 Å². The van der Waals surface area contributed by atoms with E-state index in [1.54, 1.807) is 12.0 Å². The SMILES string of the molecule is CNCCN(C)C(=O)c1ccc(COC)cc1. The molecule has 0 heterocycles. The molecule has 0 unspecified atom stereocenters. The third-order valence-electron chi connectivity index (χ3n) is 2.56. The number of rotatable bonds is 6. The van der Waals surface area contributed by atoms with Crippen LogP contribution >= 0.6 is 0 Å². The highest BCUT2D eigenvalue weighted by Gasteiger charge is 2.10. The molecule has 0 spiro atoms. The number of carbonyl (C=O) groups is 1. The van der Waals surface area contributed by atoms with E-state index in [1.807, 2.05) is 38.4 Å². The van der Waals surface area contributed by atoms with Gasteiger partial charge in [0.25, 0.3) is 5.91 Å². The number of hydrogen-bond donors (Lipinski definition) is 1. The van der Waals surface area contributed by atoms with E-state index in [-0.39, 0.29) is 5.91 Å². The second-order valence-corrected chi connectivity index (χ2v) is 3.96. The molecule has 1 rings (SSSR count). The summed E-state index contributed by atoms with van der Waals surface area (Å²) in [5.41, 5.74) is 1.78. The molecule has 17 heavy (non-hydrogen) atoms. The van der Waals surface area contributed by atoms with Crippen LogP contribution in [-0.2, 0) is 11.3 Å². The van der Waals surface area contributed by atoms with Gasteiger partial charge in [0.15, 0.2) is 0 Å². The minimum absolute atomic E-state index is 0.0456. The summed E-state index contributed by atoms with van der Waals surface area (Å²) in [6.07, 6.45) is 0. The van der Waals surface area contributed by atoms with E-state index in [0.29, 0.717) is 18.7 Å². The second kappa shape index (κ2) is 7.04. The molecule has 0 saturated heterocycles. The van der Waals surface area contributed by atoms with E-state index < -0.39 is 0 Å². The minimum atomic E-state index is 0.0456. The van der Waals surface area contributed by atoms with Crippen LogP contribution in [0.2, 0.25) is 0 Å². The molecule has 0 aromatic heterocycles. The van der Waals surface area contributed by atoms with Gasteiger partial charge >= 0.3 is 0 Å². The molecule has 0 bridgehead atoms. The number of amides is 1. The summed E-state index contributed by atoms with van der Waals surface area (Å²) in [5, 5.41) is 3.02. The lowest BCUT2D eigenvalue weighted by Crippen LogP contribution is -2.32. The first-order valence-electron chi connectivity index (χ1n) is 5.67. The molecular weight excluding hydrogens is 216 g/mol. The molecular formula is C13H20N2O2. The summed E-state index contributed by atoms with van der Waals surface area (Å²) >= 11 is 0. The summed E-state index contributed by atoms with van der Waals surface area (Å²) in [4.78, 5) is 13.7. The van der Waals surface area contributed by atoms with Gasteiger partial charge in [-0.2, -0.15) is 0 Å².